The Balaban J connectivity index is 1.76. The van der Waals surface area contributed by atoms with Gasteiger partial charge in [0.1, 0.15) is 5.92 Å². The van der Waals surface area contributed by atoms with E-state index in [0.29, 0.717) is 6.54 Å². The number of carbonyl (C=O) groups is 1. The van der Waals surface area contributed by atoms with E-state index < -0.39 is 11.9 Å². The average Bonchev–Trinajstić information content (AvgIpc) is 2.78. The molecule has 0 aromatic heterocycles. The summed E-state index contributed by atoms with van der Waals surface area (Å²) in [5.74, 6) is -1.17. The number of benzene rings is 1. The Morgan fingerprint density at radius 2 is 2.20 bits per heavy atom. The molecule has 2 unspecified atom stereocenters. The Morgan fingerprint density at radius 1 is 1.40 bits per heavy atom. The first-order chi connectivity index (χ1) is 9.65. The van der Waals surface area contributed by atoms with Crippen LogP contribution in [0, 0.1) is 0 Å². The van der Waals surface area contributed by atoms with Crippen LogP contribution in [0.5, 0.6) is 0 Å². The van der Waals surface area contributed by atoms with Crippen molar-refractivity contribution in [1.82, 2.24) is 4.90 Å². The topological polar surface area (TPSA) is 53.0 Å². The van der Waals surface area contributed by atoms with E-state index >= 15 is 0 Å². The van der Waals surface area contributed by atoms with Crippen molar-refractivity contribution in [3.8, 4) is 0 Å². The van der Waals surface area contributed by atoms with Crippen molar-refractivity contribution in [1.29, 1.82) is 0 Å². The van der Waals surface area contributed by atoms with E-state index in [0.717, 1.165) is 37.5 Å². The number of hydrogen-bond donors (Lipinski definition) is 1. The maximum Gasteiger partial charge on any atom is 0.312 e. The summed E-state index contributed by atoms with van der Waals surface area (Å²) < 4.78 is 5.79. The van der Waals surface area contributed by atoms with Crippen molar-refractivity contribution < 1.29 is 14.6 Å². The van der Waals surface area contributed by atoms with Gasteiger partial charge in [-0.3, -0.25) is 4.79 Å². The molecule has 108 valence electrons. The molecule has 0 bridgehead atoms. The number of nitrogens with zero attached hydrogens (tertiary/aromatic N) is 2. The molecule has 2 aliphatic heterocycles. The van der Waals surface area contributed by atoms with Gasteiger partial charge in [-0.15, -0.1) is 0 Å². The number of carboxylic acids is 1. The molecule has 3 rings (SSSR count). The summed E-state index contributed by atoms with van der Waals surface area (Å²) in [6.07, 6.45) is 0.148. The fourth-order valence-electron chi connectivity index (χ4n) is 3.09. The average molecular weight is 276 g/mol. The number of carboxylic acid groups (broad SMARTS) is 1. The van der Waals surface area contributed by atoms with Crippen LogP contribution in [0.1, 0.15) is 11.5 Å². The highest BCUT2D eigenvalue weighted by Crippen LogP contribution is 2.36. The van der Waals surface area contributed by atoms with Crippen LogP contribution in [0.25, 0.3) is 0 Å². The molecule has 0 aliphatic carbocycles. The van der Waals surface area contributed by atoms with E-state index in [4.69, 9.17) is 4.74 Å². The molecule has 0 spiro atoms. The highest BCUT2D eigenvalue weighted by Gasteiger charge is 2.34. The molecule has 1 aromatic carbocycles. The van der Waals surface area contributed by atoms with Crippen LogP contribution in [0.15, 0.2) is 24.3 Å². The minimum absolute atomic E-state index is 0.148. The number of para-hydroxylation sites is 1. The molecule has 1 saturated heterocycles. The van der Waals surface area contributed by atoms with Crippen molar-refractivity contribution in [3.63, 3.8) is 0 Å². The smallest absolute Gasteiger partial charge is 0.312 e. The fourth-order valence-corrected chi connectivity index (χ4v) is 3.09. The highest BCUT2D eigenvalue weighted by atomic mass is 16.5. The summed E-state index contributed by atoms with van der Waals surface area (Å²) in [6, 6.07) is 7.79. The second kappa shape index (κ2) is 5.42. The van der Waals surface area contributed by atoms with Crippen molar-refractivity contribution in [2.24, 2.45) is 0 Å². The zero-order valence-electron chi connectivity index (χ0n) is 11.7. The highest BCUT2D eigenvalue weighted by molar-refractivity contribution is 5.82. The van der Waals surface area contributed by atoms with Crippen LogP contribution in [0.2, 0.25) is 0 Å². The van der Waals surface area contributed by atoms with E-state index in [1.54, 1.807) is 0 Å². The molecule has 0 amide bonds. The molecule has 1 fully saturated rings. The predicted octanol–water partition coefficient (Wildman–Crippen LogP) is 1.01. The van der Waals surface area contributed by atoms with Crippen LogP contribution in [0.3, 0.4) is 0 Å². The van der Waals surface area contributed by atoms with Crippen LogP contribution < -0.4 is 4.90 Å². The quantitative estimate of drug-likeness (QED) is 0.893. The Morgan fingerprint density at radius 3 is 2.95 bits per heavy atom. The molecule has 0 radical (unpaired) electrons. The predicted molar refractivity (Wildman–Crippen MR) is 76.3 cm³/mol. The number of rotatable bonds is 3. The Hall–Kier alpha value is -1.59. The van der Waals surface area contributed by atoms with Gasteiger partial charge in [-0.05, 0) is 18.7 Å². The molecule has 2 atom stereocenters. The van der Waals surface area contributed by atoms with E-state index in [-0.39, 0.29) is 6.10 Å². The molecule has 1 N–H and O–H groups in total. The van der Waals surface area contributed by atoms with Gasteiger partial charge in [-0.2, -0.15) is 0 Å². The second-order valence-corrected chi connectivity index (χ2v) is 5.61. The van der Waals surface area contributed by atoms with E-state index in [9.17, 15) is 9.90 Å². The maximum absolute atomic E-state index is 11.4. The van der Waals surface area contributed by atoms with Crippen molar-refractivity contribution in [3.05, 3.63) is 29.8 Å². The number of ether oxygens (including phenoxy) is 1. The third kappa shape index (κ3) is 2.51. The van der Waals surface area contributed by atoms with Gasteiger partial charge in [0.25, 0.3) is 0 Å². The SMILES string of the molecule is CN1CCOC(CN2CC(C(=O)O)c3ccccc32)C1. The first-order valence-electron chi connectivity index (χ1n) is 7.02. The summed E-state index contributed by atoms with van der Waals surface area (Å²) in [5, 5.41) is 9.36. The van der Waals surface area contributed by atoms with Gasteiger partial charge in [0, 0.05) is 31.9 Å². The first-order valence-corrected chi connectivity index (χ1v) is 7.02. The van der Waals surface area contributed by atoms with Gasteiger partial charge in [0.15, 0.2) is 0 Å². The zero-order chi connectivity index (χ0) is 14.1. The summed E-state index contributed by atoms with van der Waals surface area (Å²) in [6.45, 7) is 3.91. The number of anilines is 1. The van der Waals surface area contributed by atoms with E-state index in [2.05, 4.69) is 16.8 Å². The lowest BCUT2D eigenvalue weighted by Crippen LogP contribution is -2.46. The summed E-state index contributed by atoms with van der Waals surface area (Å²) in [7, 11) is 2.09. The molecule has 20 heavy (non-hydrogen) atoms. The normalized spacial score (nSPS) is 26.6. The maximum atomic E-state index is 11.4. The third-order valence-corrected chi connectivity index (χ3v) is 4.12. The molecule has 0 saturated carbocycles. The lowest BCUT2D eigenvalue weighted by molar-refractivity contribution is -0.138. The van der Waals surface area contributed by atoms with Crippen LogP contribution in [0.4, 0.5) is 5.69 Å². The van der Waals surface area contributed by atoms with Gasteiger partial charge >= 0.3 is 5.97 Å². The molecule has 2 aliphatic rings. The van der Waals surface area contributed by atoms with Gasteiger partial charge in [-0.1, -0.05) is 18.2 Å². The van der Waals surface area contributed by atoms with E-state index in [1.165, 1.54) is 0 Å². The number of morpholine rings is 1. The van der Waals surface area contributed by atoms with Gasteiger partial charge in [-0.25, -0.2) is 0 Å². The molecular formula is C15H20N2O3. The minimum Gasteiger partial charge on any atom is -0.481 e. The van der Waals surface area contributed by atoms with Crippen LogP contribution in [-0.4, -0.2) is 61.9 Å². The fraction of sp³-hybridized carbons (Fsp3) is 0.533. The Labute approximate surface area is 118 Å². The molecule has 2 heterocycles. The second-order valence-electron chi connectivity index (χ2n) is 5.61. The number of likely N-dealkylation sites (N-methyl/N-ethyl adjacent to an activating group) is 1. The summed E-state index contributed by atoms with van der Waals surface area (Å²) >= 11 is 0. The standard InChI is InChI=1S/C15H20N2O3/c1-16-6-7-20-11(8-16)9-17-10-13(15(18)19)12-4-2-3-5-14(12)17/h2-5,11,13H,6-10H2,1H3,(H,18,19). The summed E-state index contributed by atoms with van der Waals surface area (Å²) in [4.78, 5) is 15.8. The molecule has 5 nitrogen and oxygen atoms in total. The van der Waals surface area contributed by atoms with Gasteiger partial charge < -0.3 is 19.6 Å². The van der Waals surface area contributed by atoms with E-state index in [1.807, 2.05) is 24.3 Å². The van der Waals surface area contributed by atoms with Crippen molar-refractivity contribution >= 4 is 11.7 Å². The molecule has 5 heteroatoms. The largest absolute Gasteiger partial charge is 0.481 e. The van der Waals surface area contributed by atoms with Crippen molar-refractivity contribution in [2.45, 2.75) is 12.0 Å². The molecular weight excluding hydrogens is 256 g/mol. The van der Waals surface area contributed by atoms with Crippen LogP contribution >= 0.6 is 0 Å². The number of aliphatic carboxylic acids is 1. The number of fused-ring (bicyclic) bond motifs is 1. The van der Waals surface area contributed by atoms with Crippen molar-refractivity contribution in [2.75, 3.05) is 44.7 Å². The zero-order valence-corrected chi connectivity index (χ0v) is 11.7. The van der Waals surface area contributed by atoms with Crippen LogP contribution in [-0.2, 0) is 9.53 Å². The molecule has 1 aromatic rings. The summed E-state index contributed by atoms with van der Waals surface area (Å²) in [5.41, 5.74) is 1.96. The Kier molecular flexibility index (Phi) is 3.63. The van der Waals surface area contributed by atoms with Gasteiger partial charge in [0.05, 0.1) is 12.7 Å². The lowest BCUT2D eigenvalue weighted by Gasteiger charge is -2.33. The lowest BCUT2D eigenvalue weighted by atomic mass is 10.0. The Bertz CT molecular complexity index is 506. The monoisotopic (exact) mass is 276 g/mol. The number of hydrogen-bond acceptors (Lipinski definition) is 4. The van der Waals surface area contributed by atoms with Gasteiger partial charge in [0.2, 0.25) is 0 Å². The third-order valence-electron chi connectivity index (χ3n) is 4.12. The first kappa shape index (κ1) is 13.4. The minimum atomic E-state index is -0.748.